The van der Waals surface area contributed by atoms with Gasteiger partial charge in [-0.15, -0.1) is 0 Å². The van der Waals surface area contributed by atoms with Gasteiger partial charge in [-0.05, 0) is 43.3 Å². The Morgan fingerprint density at radius 3 is 2.50 bits per heavy atom. The van der Waals surface area contributed by atoms with Gasteiger partial charge in [0.05, 0.1) is 16.2 Å². The summed E-state index contributed by atoms with van der Waals surface area (Å²) >= 11 is 5.18. The number of nitro benzene ring substituents is 1. The minimum Gasteiger partial charge on any atom is -0.339 e. The molecule has 3 rings (SSSR count). The van der Waals surface area contributed by atoms with E-state index >= 15 is 0 Å². The van der Waals surface area contributed by atoms with Gasteiger partial charge in [-0.3, -0.25) is 25.0 Å². The first-order chi connectivity index (χ1) is 13.5. The third-order valence-electron chi connectivity index (χ3n) is 4.35. The van der Waals surface area contributed by atoms with Crippen LogP contribution in [-0.4, -0.2) is 39.8 Å². The number of hydrogen-bond acceptors (Lipinski definition) is 5. The van der Waals surface area contributed by atoms with Crippen LogP contribution >= 0.6 is 12.2 Å². The third kappa shape index (κ3) is 4.49. The van der Waals surface area contributed by atoms with E-state index in [4.69, 9.17) is 12.2 Å². The van der Waals surface area contributed by atoms with Crippen LogP contribution in [0.15, 0.2) is 48.5 Å². The van der Waals surface area contributed by atoms with Gasteiger partial charge in [0.25, 0.3) is 17.5 Å². The zero-order chi connectivity index (χ0) is 20.1. The first-order valence-corrected chi connectivity index (χ1v) is 9.11. The van der Waals surface area contributed by atoms with Gasteiger partial charge in [0, 0.05) is 30.8 Å². The summed E-state index contributed by atoms with van der Waals surface area (Å²) in [7, 11) is 0. The van der Waals surface area contributed by atoms with Crippen LogP contribution in [0.3, 0.4) is 0 Å². The van der Waals surface area contributed by atoms with Gasteiger partial charge in [0.1, 0.15) is 0 Å². The van der Waals surface area contributed by atoms with Crippen molar-refractivity contribution in [3.63, 3.8) is 0 Å². The van der Waals surface area contributed by atoms with Gasteiger partial charge in [-0.25, -0.2) is 0 Å². The standard InChI is InChI=1S/C19H18N4O4S/c24-17(13-6-5-7-14(12-13)23(26)27)21-19(28)20-16-9-2-1-8-15(16)18(25)22-10-3-4-11-22/h1-2,5-9,12H,3-4,10-11H2,(H2,20,21,24,28). The Morgan fingerprint density at radius 2 is 1.79 bits per heavy atom. The molecule has 2 N–H and O–H groups in total. The second-order valence-corrected chi connectivity index (χ2v) is 6.67. The Balaban J connectivity index is 1.70. The van der Waals surface area contributed by atoms with E-state index in [0.29, 0.717) is 11.3 Å². The Hall–Kier alpha value is -3.33. The lowest BCUT2D eigenvalue weighted by atomic mass is 10.1. The summed E-state index contributed by atoms with van der Waals surface area (Å²) in [6.45, 7) is 1.45. The Kier molecular flexibility index (Phi) is 5.95. The molecule has 0 aromatic heterocycles. The van der Waals surface area contributed by atoms with E-state index in [1.54, 1.807) is 29.2 Å². The summed E-state index contributed by atoms with van der Waals surface area (Å²) in [5, 5.41) is 16.2. The third-order valence-corrected chi connectivity index (χ3v) is 4.55. The van der Waals surface area contributed by atoms with Crippen LogP contribution in [-0.2, 0) is 0 Å². The van der Waals surface area contributed by atoms with E-state index in [2.05, 4.69) is 10.6 Å². The molecule has 8 nitrogen and oxygen atoms in total. The SMILES string of the molecule is O=C(NC(=S)Nc1ccccc1C(=O)N1CCCC1)c1cccc([N+](=O)[O-])c1. The highest BCUT2D eigenvalue weighted by Crippen LogP contribution is 2.20. The monoisotopic (exact) mass is 398 g/mol. The maximum atomic E-state index is 12.7. The molecule has 0 bridgehead atoms. The number of carbonyl (C=O) groups excluding carboxylic acids is 2. The lowest BCUT2D eigenvalue weighted by Gasteiger charge is -2.18. The van der Waals surface area contributed by atoms with Gasteiger partial charge in [0.2, 0.25) is 0 Å². The first kappa shape index (κ1) is 19.4. The number of benzene rings is 2. The summed E-state index contributed by atoms with van der Waals surface area (Å²) in [5.74, 6) is -0.669. The van der Waals surface area contributed by atoms with Crippen molar-refractivity contribution >= 4 is 40.5 Å². The highest BCUT2D eigenvalue weighted by atomic mass is 32.1. The lowest BCUT2D eigenvalue weighted by molar-refractivity contribution is -0.384. The van der Waals surface area contributed by atoms with E-state index in [1.165, 1.54) is 24.3 Å². The number of nitrogens with zero attached hydrogens (tertiary/aromatic N) is 2. The van der Waals surface area contributed by atoms with Crippen LogP contribution in [0.5, 0.6) is 0 Å². The molecule has 2 aromatic carbocycles. The zero-order valence-electron chi connectivity index (χ0n) is 14.9. The van der Waals surface area contributed by atoms with Gasteiger partial charge >= 0.3 is 0 Å². The predicted molar refractivity (Wildman–Crippen MR) is 108 cm³/mol. The average molecular weight is 398 g/mol. The van der Waals surface area contributed by atoms with Gasteiger partial charge in [-0.2, -0.15) is 0 Å². The molecule has 1 saturated heterocycles. The number of para-hydroxylation sites is 1. The quantitative estimate of drug-likeness (QED) is 0.466. The number of non-ortho nitro benzene ring substituents is 1. The fourth-order valence-corrected chi connectivity index (χ4v) is 3.16. The smallest absolute Gasteiger partial charge is 0.270 e. The number of anilines is 1. The summed E-state index contributed by atoms with van der Waals surface area (Å²) in [5.41, 5.74) is 0.882. The number of hydrogen-bond donors (Lipinski definition) is 2. The minimum atomic E-state index is -0.579. The molecule has 0 radical (unpaired) electrons. The predicted octanol–water partition coefficient (Wildman–Crippen LogP) is 2.96. The summed E-state index contributed by atoms with van der Waals surface area (Å²) in [6, 6.07) is 12.3. The van der Waals surface area contributed by atoms with Crippen molar-refractivity contribution in [1.29, 1.82) is 0 Å². The second kappa shape index (κ2) is 8.57. The molecule has 1 fully saturated rings. The lowest BCUT2D eigenvalue weighted by Crippen LogP contribution is -2.35. The maximum absolute atomic E-state index is 12.7. The fourth-order valence-electron chi connectivity index (χ4n) is 2.96. The largest absolute Gasteiger partial charge is 0.339 e. The Bertz CT molecular complexity index is 941. The van der Waals surface area contributed by atoms with Crippen molar-refractivity contribution in [2.75, 3.05) is 18.4 Å². The van der Waals surface area contributed by atoms with E-state index in [-0.39, 0.29) is 22.3 Å². The number of nitrogens with one attached hydrogen (secondary N) is 2. The van der Waals surface area contributed by atoms with Crippen molar-refractivity contribution in [2.24, 2.45) is 0 Å². The molecule has 0 spiro atoms. The molecule has 1 aliphatic rings. The molecule has 28 heavy (non-hydrogen) atoms. The molecular formula is C19H18N4O4S. The highest BCUT2D eigenvalue weighted by Gasteiger charge is 2.22. The molecule has 144 valence electrons. The van der Waals surface area contributed by atoms with Crippen molar-refractivity contribution in [3.8, 4) is 0 Å². The molecule has 1 heterocycles. The number of carbonyl (C=O) groups is 2. The average Bonchev–Trinajstić information content (AvgIpc) is 3.22. The van der Waals surface area contributed by atoms with Crippen molar-refractivity contribution in [1.82, 2.24) is 10.2 Å². The van der Waals surface area contributed by atoms with E-state index in [9.17, 15) is 19.7 Å². The topological polar surface area (TPSA) is 105 Å². The highest BCUT2D eigenvalue weighted by molar-refractivity contribution is 7.80. The molecule has 9 heteroatoms. The molecule has 2 amide bonds. The first-order valence-electron chi connectivity index (χ1n) is 8.71. The molecular weight excluding hydrogens is 380 g/mol. The Labute approximate surface area is 166 Å². The molecule has 0 atom stereocenters. The van der Waals surface area contributed by atoms with Crippen LogP contribution in [0.1, 0.15) is 33.6 Å². The van der Waals surface area contributed by atoms with Crippen LogP contribution in [0.25, 0.3) is 0 Å². The van der Waals surface area contributed by atoms with E-state index in [1.807, 2.05) is 0 Å². The maximum Gasteiger partial charge on any atom is 0.270 e. The molecule has 2 aromatic rings. The van der Waals surface area contributed by atoms with Crippen LogP contribution in [0, 0.1) is 10.1 Å². The van der Waals surface area contributed by atoms with Crippen LogP contribution in [0.4, 0.5) is 11.4 Å². The number of nitro groups is 1. The van der Waals surface area contributed by atoms with Crippen LogP contribution < -0.4 is 10.6 Å². The molecule has 0 aliphatic carbocycles. The number of likely N-dealkylation sites (tertiary alicyclic amines) is 1. The summed E-state index contributed by atoms with van der Waals surface area (Å²) < 4.78 is 0. The van der Waals surface area contributed by atoms with E-state index < -0.39 is 10.8 Å². The van der Waals surface area contributed by atoms with Crippen molar-refractivity contribution in [2.45, 2.75) is 12.8 Å². The zero-order valence-corrected chi connectivity index (χ0v) is 15.7. The number of thiocarbonyl (C=S) groups is 1. The molecule has 1 aliphatic heterocycles. The summed E-state index contributed by atoms with van der Waals surface area (Å²) in [4.78, 5) is 37.1. The summed E-state index contributed by atoms with van der Waals surface area (Å²) in [6.07, 6.45) is 1.97. The fraction of sp³-hybridized carbons (Fsp3) is 0.211. The van der Waals surface area contributed by atoms with Gasteiger partial charge < -0.3 is 10.2 Å². The number of amides is 2. The normalized spacial score (nSPS) is 13.1. The molecule has 0 unspecified atom stereocenters. The Morgan fingerprint density at radius 1 is 1.07 bits per heavy atom. The van der Waals surface area contributed by atoms with Gasteiger partial charge in [-0.1, -0.05) is 18.2 Å². The van der Waals surface area contributed by atoms with Crippen LogP contribution in [0.2, 0.25) is 0 Å². The van der Waals surface area contributed by atoms with E-state index in [0.717, 1.165) is 25.9 Å². The number of rotatable bonds is 4. The van der Waals surface area contributed by atoms with Crippen molar-refractivity contribution < 1.29 is 14.5 Å². The second-order valence-electron chi connectivity index (χ2n) is 6.26. The van der Waals surface area contributed by atoms with Crippen molar-refractivity contribution in [3.05, 3.63) is 69.8 Å². The van der Waals surface area contributed by atoms with Gasteiger partial charge in [0.15, 0.2) is 5.11 Å². The molecule has 0 saturated carbocycles. The minimum absolute atomic E-state index is 0.00169.